The number of hydrogen-bond acceptors (Lipinski definition) is 3. The van der Waals surface area contributed by atoms with Crippen LogP contribution in [0.3, 0.4) is 0 Å². The number of nitrogens with zero attached hydrogens (tertiary/aromatic N) is 3. The van der Waals surface area contributed by atoms with E-state index in [9.17, 15) is 5.11 Å². The lowest BCUT2D eigenvalue weighted by atomic mass is 10.1. The zero-order chi connectivity index (χ0) is 13.4. The van der Waals surface area contributed by atoms with Crippen LogP contribution in [-0.4, -0.2) is 38.2 Å². The van der Waals surface area contributed by atoms with Gasteiger partial charge in [0.05, 0.1) is 0 Å². The lowest BCUT2D eigenvalue weighted by Gasteiger charge is -2.29. The molecular formula is C15H25N3O. The van der Waals surface area contributed by atoms with Gasteiger partial charge in [-0.15, -0.1) is 0 Å². The summed E-state index contributed by atoms with van der Waals surface area (Å²) in [5.74, 6) is 1.08. The van der Waals surface area contributed by atoms with Gasteiger partial charge in [-0.3, -0.25) is 4.90 Å². The minimum absolute atomic E-state index is 0.352. The Morgan fingerprint density at radius 2 is 2.21 bits per heavy atom. The van der Waals surface area contributed by atoms with Crippen molar-refractivity contribution in [2.45, 2.75) is 70.7 Å². The molecule has 4 nitrogen and oxygen atoms in total. The summed E-state index contributed by atoms with van der Waals surface area (Å²) < 4.78 is 2.08. The Kier molecular flexibility index (Phi) is 3.63. The summed E-state index contributed by atoms with van der Waals surface area (Å²) in [5, 5.41) is 10.2. The van der Waals surface area contributed by atoms with E-state index in [0.717, 1.165) is 31.5 Å². The number of aliphatic hydroxyl groups is 1. The molecule has 1 aromatic rings. The van der Waals surface area contributed by atoms with Crippen molar-refractivity contribution >= 4 is 0 Å². The van der Waals surface area contributed by atoms with Crippen LogP contribution in [0.15, 0.2) is 6.20 Å². The molecule has 1 saturated heterocycles. The van der Waals surface area contributed by atoms with Crippen molar-refractivity contribution in [1.29, 1.82) is 0 Å². The highest BCUT2D eigenvalue weighted by molar-refractivity contribution is 5.10. The fraction of sp³-hybridized carbons (Fsp3) is 0.800. The second-order valence-electron chi connectivity index (χ2n) is 6.24. The Morgan fingerprint density at radius 1 is 1.37 bits per heavy atom. The van der Waals surface area contributed by atoms with E-state index in [1.54, 1.807) is 0 Å². The molecule has 0 bridgehead atoms. The van der Waals surface area contributed by atoms with Crippen molar-refractivity contribution in [2.24, 2.45) is 0 Å². The van der Waals surface area contributed by atoms with Crippen molar-refractivity contribution in [2.75, 3.05) is 6.54 Å². The van der Waals surface area contributed by atoms with Crippen LogP contribution in [0.1, 0.15) is 57.3 Å². The molecule has 2 atom stereocenters. The van der Waals surface area contributed by atoms with E-state index in [2.05, 4.69) is 28.3 Å². The third kappa shape index (κ3) is 2.43. The summed E-state index contributed by atoms with van der Waals surface area (Å²) in [6, 6.07) is 1.20. The van der Waals surface area contributed by atoms with Gasteiger partial charge < -0.3 is 9.67 Å². The molecule has 2 unspecified atom stereocenters. The number of aryl methyl sites for hydroxylation is 1. The first kappa shape index (κ1) is 13.1. The van der Waals surface area contributed by atoms with E-state index in [0.29, 0.717) is 12.1 Å². The Balaban J connectivity index is 1.78. The second-order valence-corrected chi connectivity index (χ2v) is 6.24. The van der Waals surface area contributed by atoms with Crippen LogP contribution in [0.5, 0.6) is 0 Å². The molecule has 19 heavy (non-hydrogen) atoms. The third-order valence-electron chi connectivity index (χ3n) is 4.65. The van der Waals surface area contributed by atoms with Crippen LogP contribution in [0.2, 0.25) is 0 Å². The van der Waals surface area contributed by atoms with Crippen molar-refractivity contribution < 1.29 is 5.11 Å². The van der Waals surface area contributed by atoms with Crippen LogP contribution in [0.4, 0.5) is 0 Å². The lowest BCUT2D eigenvalue weighted by molar-refractivity contribution is 0.0742. The highest BCUT2D eigenvalue weighted by Crippen LogP contribution is 2.28. The van der Waals surface area contributed by atoms with E-state index in [1.807, 2.05) is 6.20 Å². The van der Waals surface area contributed by atoms with Gasteiger partial charge in [0.1, 0.15) is 12.1 Å². The molecule has 1 aromatic heterocycles. The maximum absolute atomic E-state index is 10.2. The Bertz CT molecular complexity index is 441. The minimum Gasteiger partial charge on any atom is -0.373 e. The third-order valence-corrected chi connectivity index (χ3v) is 4.65. The molecule has 0 aromatic carbocycles. The quantitative estimate of drug-likeness (QED) is 0.908. The number of fused-ring (bicyclic) bond motifs is 1. The summed E-state index contributed by atoms with van der Waals surface area (Å²) in [6.45, 7) is 5.75. The molecule has 0 saturated carbocycles. The molecule has 0 aliphatic carbocycles. The standard InChI is InChI=1S/C15H25N3O/c1-11(2)17-8-4-6-12(17)9-14-16-10-13-5-3-7-15(19)18(13)14/h10-12,15,19H,3-9H2,1-2H3. The summed E-state index contributed by atoms with van der Waals surface area (Å²) in [5.41, 5.74) is 1.21. The van der Waals surface area contributed by atoms with Gasteiger partial charge >= 0.3 is 0 Å². The highest BCUT2D eigenvalue weighted by atomic mass is 16.3. The van der Waals surface area contributed by atoms with Gasteiger partial charge in [0, 0.05) is 30.4 Å². The first-order chi connectivity index (χ1) is 9.16. The van der Waals surface area contributed by atoms with E-state index in [1.165, 1.54) is 25.1 Å². The molecule has 0 spiro atoms. The number of aliphatic hydroxyl groups excluding tert-OH is 1. The minimum atomic E-state index is -0.352. The van der Waals surface area contributed by atoms with E-state index < -0.39 is 0 Å². The van der Waals surface area contributed by atoms with Gasteiger partial charge in [-0.2, -0.15) is 0 Å². The molecule has 1 fully saturated rings. The zero-order valence-electron chi connectivity index (χ0n) is 12.0. The average molecular weight is 263 g/mol. The molecule has 106 valence electrons. The molecule has 2 aliphatic heterocycles. The SMILES string of the molecule is CC(C)N1CCCC1Cc1ncc2n1C(O)CCC2. The zero-order valence-corrected chi connectivity index (χ0v) is 12.0. The van der Waals surface area contributed by atoms with Crippen molar-refractivity contribution in [3.05, 3.63) is 17.7 Å². The van der Waals surface area contributed by atoms with Gasteiger partial charge in [-0.05, 0) is 52.5 Å². The van der Waals surface area contributed by atoms with Gasteiger partial charge in [0.15, 0.2) is 0 Å². The number of hydrogen-bond donors (Lipinski definition) is 1. The first-order valence-corrected chi connectivity index (χ1v) is 7.65. The molecule has 0 amide bonds. The van der Waals surface area contributed by atoms with Crippen LogP contribution < -0.4 is 0 Å². The van der Waals surface area contributed by atoms with Crippen LogP contribution >= 0.6 is 0 Å². The number of aromatic nitrogens is 2. The molecular weight excluding hydrogens is 238 g/mol. The highest BCUT2D eigenvalue weighted by Gasteiger charge is 2.29. The summed E-state index contributed by atoms with van der Waals surface area (Å²) in [4.78, 5) is 7.16. The number of imidazole rings is 1. The second kappa shape index (κ2) is 5.25. The average Bonchev–Trinajstić information content (AvgIpc) is 2.98. The van der Waals surface area contributed by atoms with Crippen molar-refractivity contribution in [1.82, 2.24) is 14.5 Å². The molecule has 3 heterocycles. The maximum Gasteiger partial charge on any atom is 0.132 e. The van der Waals surface area contributed by atoms with Crippen LogP contribution in [-0.2, 0) is 12.8 Å². The van der Waals surface area contributed by atoms with Crippen LogP contribution in [0.25, 0.3) is 0 Å². The summed E-state index contributed by atoms with van der Waals surface area (Å²) >= 11 is 0. The van der Waals surface area contributed by atoms with E-state index in [4.69, 9.17) is 0 Å². The fourth-order valence-electron chi connectivity index (χ4n) is 3.70. The molecule has 4 heteroatoms. The predicted octanol–water partition coefficient (Wildman–Crippen LogP) is 2.13. The van der Waals surface area contributed by atoms with Gasteiger partial charge in [0.25, 0.3) is 0 Å². The number of rotatable bonds is 3. The Morgan fingerprint density at radius 3 is 3.00 bits per heavy atom. The largest absolute Gasteiger partial charge is 0.373 e. The van der Waals surface area contributed by atoms with E-state index >= 15 is 0 Å². The number of likely N-dealkylation sites (tertiary alicyclic amines) is 1. The normalized spacial score (nSPS) is 28.0. The monoisotopic (exact) mass is 263 g/mol. The molecule has 0 radical (unpaired) electrons. The lowest BCUT2D eigenvalue weighted by Crippen LogP contribution is -2.37. The van der Waals surface area contributed by atoms with Gasteiger partial charge in [-0.25, -0.2) is 4.98 Å². The predicted molar refractivity (Wildman–Crippen MR) is 75.0 cm³/mol. The molecule has 3 rings (SSSR count). The Labute approximate surface area is 115 Å². The maximum atomic E-state index is 10.2. The molecule has 1 N–H and O–H groups in total. The van der Waals surface area contributed by atoms with Crippen molar-refractivity contribution in [3.8, 4) is 0 Å². The first-order valence-electron chi connectivity index (χ1n) is 7.65. The van der Waals surface area contributed by atoms with Gasteiger partial charge in [-0.1, -0.05) is 0 Å². The fourth-order valence-corrected chi connectivity index (χ4v) is 3.70. The molecule has 2 aliphatic rings. The topological polar surface area (TPSA) is 41.3 Å². The smallest absolute Gasteiger partial charge is 0.132 e. The van der Waals surface area contributed by atoms with Gasteiger partial charge in [0.2, 0.25) is 0 Å². The summed E-state index contributed by atoms with van der Waals surface area (Å²) in [7, 11) is 0. The summed E-state index contributed by atoms with van der Waals surface area (Å²) in [6.07, 6.45) is 8.15. The Hall–Kier alpha value is -0.870. The van der Waals surface area contributed by atoms with E-state index in [-0.39, 0.29) is 6.23 Å². The van der Waals surface area contributed by atoms with Crippen molar-refractivity contribution in [3.63, 3.8) is 0 Å². The van der Waals surface area contributed by atoms with Crippen LogP contribution in [0, 0.1) is 0 Å².